The number of carbonyl (C=O) groups is 2. The minimum Gasteiger partial charge on any atom is -0.460 e. The molecule has 2 heterocycles. The first-order valence-electron chi connectivity index (χ1n) is 10.3. The summed E-state index contributed by atoms with van der Waals surface area (Å²) < 4.78 is 5.67. The number of ketones is 1. The fourth-order valence-electron chi connectivity index (χ4n) is 4.49. The summed E-state index contributed by atoms with van der Waals surface area (Å²) in [6, 6.07) is 13.3. The Balaban J connectivity index is 1.71. The molecule has 4 rings (SSSR count). The van der Waals surface area contributed by atoms with Crippen molar-refractivity contribution in [3.8, 4) is 0 Å². The fraction of sp³-hybridized carbons (Fsp3) is 0.360. The van der Waals surface area contributed by atoms with E-state index in [9.17, 15) is 9.59 Å². The van der Waals surface area contributed by atoms with Gasteiger partial charge in [-0.3, -0.25) is 19.6 Å². The van der Waals surface area contributed by atoms with Crippen LogP contribution in [0.3, 0.4) is 0 Å². The molecule has 2 aromatic rings. The first-order chi connectivity index (χ1) is 14.4. The lowest BCUT2D eigenvalue weighted by atomic mass is 9.67. The molecule has 0 bridgehead atoms. The highest BCUT2D eigenvalue weighted by atomic mass is 16.5. The first kappa shape index (κ1) is 20.2. The van der Waals surface area contributed by atoms with E-state index in [0.29, 0.717) is 24.1 Å². The Morgan fingerprint density at radius 2 is 1.90 bits per heavy atom. The second kappa shape index (κ2) is 7.98. The molecular formula is C25H26N2O3. The predicted molar refractivity (Wildman–Crippen MR) is 115 cm³/mol. The van der Waals surface area contributed by atoms with Gasteiger partial charge in [0.1, 0.15) is 12.5 Å². The average Bonchev–Trinajstić information content (AvgIpc) is 2.71. The zero-order valence-corrected chi connectivity index (χ0v) is 17.6. The number of pyridine rings is 1. The van der Waals surface area contributed by atoms with Gasteiger partial charge in [-0.05, 0) is 36.0 Å². The van der Waals surface area contributed by atoms with Gasteiger partial charge in [-0.2, -0.15) is 0 Å². The van der Waals surface area contributed by atoms with Crippen molar-refractivity contribution in [3.63, 3.8) is 0 Å². The van der Waals surface area contributed by atoms with Gasteiger partial charge in [0.15, 0.2) is 5.78 Å². The molecule has 2 atom stereocenters. The molecular weight excluding hydrogens is 376 g/mol. The van der Waals surface area contributed by atoms with Crippen LogP contribution >= 0.6 is 0 Å². The normalized spacial score (nSPS) is 22.9. The Morgan fingerprint density at radius 3 is 2.60 bits per heavy atom. The van der Waals surface area contributed by atoms with E-state index in [4.69, 9.17) is 9.73 Å². The maximum absolute atomic E-state index is 13.2. The maximum atomic E-state index is 13.2. The molecule has 1 aromatic heterocycles. The molecule has 5 heteroatoms. The molecule has 1 aliphatic carbocycles. The molecule has 1 unspecified atom stereocenters. The minimum absolute atomic E-state index is 0.0622. The second-order valence-electron chi connectivity index (χ2n) is 8.89. The van der Waals surface area contributed by atoms with Crippen molar-refractivity contribution in [1.82, 2.24) is 4.98 Å². The van der Waals surface area contributed by atoms with Crippen LogP contribution < -0.4 is 0 Å². The number of esters is 1. The quantitative estimate of drug-likeness (QED) is 0.699. The molecule has 1 aliphatic heterocycles. The van der Waals surface area contributed by atoms with Crippen molar-refractivity contribution in [2.75, 3.05) is 0 Å². The molecule has 154 valence electrons. The highest BCUT2D eigenvalue weighted by molar-refractivity contribution is 6.09. The van der Waals surface area contributed by atoms with Crippen molar-refractivity contribution in [1.29, 1.82) is 0 Å². The minimum atomic E-state index is -0.637. The standard InChI is InChI=1S/C25H26N2O3/c1-16-21(24(29)30-15-17-8-5-4-6-9-17)22(18-10-7-11-26-14-18)23-19(27-16)12-25(2,3)13-20(23)28/h4-11,14,21-22H,12-13,15H2,1-3H3/t21?,22-/m0/s1. The number of aromatic nitrogens is 1. The number of aliphatic imine (C=N–C) groups is 1. The zero-order valence-electron chi connectivity index (χ0n) is 17.6. The van der Waals surface area contributed by atoms with Gasteiger partial charge in [-0.25, -0.2) is 0 Å². The number of hydrogen-bond acceptors (Lipinski definition) is 5. The number of rotatable bonds is 4. The lowest BCUT2D eigenvalue weighted by Gasteiger charge is -2.38. The summed E-state index contributed by atoms with van der Waals surface area (Å²) in [4.78, 5) is 35.4. The zero-order chi connectivity index (χ0) is 21.3. The summed E-state index contributed by atoms with van der Waals surface area (Å²) in [5.41, 5.74) is 3.76. The summed E-state index contributed by atoms with van der Waals surface area (Å²) in [5.74, 6) is -1.36. The second-order valence-corrected chi connectivity index (χ2v) is 8.89. The number of allylic oxidation sites excluding steroid dienone is 2. The molecule has 2 aliphatic rings. The molecule has 0 saturated carbocycles. The summed E-state index contributed by atoms with van der Waals surface area (Å²) in [6.07, 6.45) is 4.59. The Morgan fingerprint density at radius 1 is 1.13 bits per heavy atom. The van der Waals surface area contributed by atoms with E-state index < -0.39 is 11.8 Å². The van der Waals surface area contributed by atoms with Crippen LogP contribution in [0.4, 0.5) is 0 Å². The number of Topliss-reactive ketones (excluding diaryl/α,β-unsaturated/α-hetero) is 1. The highest BCUT2D eigenvalue weighted by Crippen LogP contribution is 2.47. The van der Waals surface area contributed by atoms with Gasteiger partial charge in [0, 0.05) is 41.7 Å². The average molecular weight is 402 g/mol. The fourth-order valence-corrected chi connectivity index (χ4v) is 4.49. The smallest absolute Gasteiger partial charge is 0.315 e. The van der Waals surface area contributed by atoms with E-state index in [1.165, 1.54) is 0 Å². The summed E-state index contributed by atoms with van der Waals surface area (Å²) in [5, 5.41) is 0. The Kier molecular flexibility index (Phi) is 5.37. The molecule has 0 amide bonds. The first-order valence-corrected chi connectivity index (χ1v) is 10.3. The Labute approximate surface area is 176 Å². The summed E-state index contributed by atoms with van der Waals surface area (Å²) in [6.45, 7) is 6.21. The van der Waals surface area contributed by atoms with E-state index in [1.807, 2.05) is 49.4 Å². The SMILES string of the molecule is CC1=NC2=C(C(=O)CC(C)(C)C2)[C@@H](c2cccnc2)C1C(=O)OCc1ccccc1. The third kappa shape index (κ3) is 3.97. The van der Waals surface area contributed by atoms with Gasteiger partial charge < -0.3 is 4.74 Å². The van der Waals surface area contributed by atoms with Crippen LogP contribution in [-0.2, 0) is 20.9 Å². The van der Waals surface area contributed by atoms with E-state index in [1.54, 1.807) is 12.4 Å². The van der Waals surface area contributed by atoms with Crippen LogP contribution in [0.1, 0.15) is 50.7 Å². The van der Waals surface area contributed by atoms with Crippen LogP contribution in [0.2, 0.25) is 0 Å². The van der Waals surface area contributed by atoms with E-state index in [0.717, 1.165) is 16.8 Å². The van der Waals surface area contributed by atoms with Crippen LogP contribution in [0, 0.1) is 11.3 Å². The monoisotopic (exact) mass is 402 g/mol. The Bertz CT molecular complexity index is 1020. The molecule has 0 fully saturated rings. The molecule has 0 saturated heterocycles. The van der Waals surface area contributed by atoms with Crippen molar-refractivity contribution in [3.05, 3.63) is 77.3 Å². The van der Waals surface area contributed by atoms with Gasteiger partial charge in [0.2, 0.25) is 0 Å². The highest BCUT2D eigenvalue weighted by Gasteiger charge is 2.46. The van der Waals surface area contributed by atoms with Gasteiger partial charge in [0.25, 0.3) is 0 Å². The van der Waals surface area contributed by atoms with Crippen LogP contribution in [0.25, 0.3) is 0 Å². The number of hydrogen-bond donors (Lipinski definition) is 0. The number of nitrogens with zero attached hydrogens (tertiary/aromatic N) is 2. The number of ether oxygens (including phenoxy) is 1. The van der Waals surface area contributed by atoms with Crippen molar-refractivity contribution in [2.45, 2.75) is 46.1 Å². The molecule has 1 aromatic carbocycles. The molecule has 0 N–H and O–H groups in total. The number of carbonyl (C=O) groups excluding carboxylic acids is 2. The summed E-state index contributed by atoms with van der Waals surface area (Å²) >= 11 is 0. The lowest BCUT2D eigenvalue weighted by Crippen LogP contribution is -2.39. The number of benzene rings is 1. The predicted octanol–water partition coefficient (Wildman–Crippen LogP) is 4.64. The van der Waals surface area contributed by atoms with E-state index >= 15 is 0 Å². The van der Waals surface area contributed by atoms with Crippen LogP contribution in [0.5, 0.6) is 0 Å². The van der Waals surface area contributed by atoms with Gasteiger partial charge in [0.05, 0.1) is 0 Å². The van der Waals surface area contributed by atoms with Crippen LogP contribution in [-0.4, -0.2) is 22.4 Å². The third-order valence-corrected chi connectivity index (χ3v) is 5.82. The third-order valence-electron chi connectivity index (χ3n) is 5.82. The van der Waals surface area contributed by atoms with Gasteiger partial charge in [-0.1, -0.05) is 50.2 Å². The van der Waals surface area contributed by atoms with E-state index in [2.05, 4.69) is 18.8 Å². The lowest BCUT2D eigenvalue weighted by molar-refractivity contribution is -0.148. The summed E-state index contributed by atoms with van der Waals surface area (Å²) in [7, 11) is 0. The molecule has 5 nitrogen and oxygen atoms in total. The Hall–Kier alpha value is -3.08. The van der Waals surface area contributed by atoms with E-state index in [-0.39, 0.29) is 23.8 Å². The molecule has 0 radical (unpaired) electrons. The van der Waals surface area contributed by atoms with Crippen molar-refractivity contribution >= 4 is 17.5 Å². The van der Waals surface area contributed by atoms with Gasteiger partial charge >= 0.3 is 5.97 Å². The molecule has 0 spiro atoms. The van der Waals surface area contributed by atoms with Crippen LogP contribution in [0.15, 0.2) is 71.1 Å². The van der Waals surface area contributed by atoms with Crippen molar-refractivity contribution in [2.24, 2.45) is 16.3 Å². The topological polar surface area (TPSA) is 68.6 Å². The maximum Gasteiger partial charge on any atom is 0.315 e. The largest absolute Gasteiger partial charge is 0.460 e. The van der Waals surface area contributed by atoms with Crippen molar-refractivity contribution < 1.29 is 14.3 Å². The van der Waals surface area contributed by atoms with Gasteiger partial charge in [-0.15, -0.1) is 0 Å². The molecule has 30 heavy (non-hydrogen) atoms.